The molecule has 1 aromatic carbocycles. The van der Waals surface area contributed by atoms with Gasteiger partial charge in [0.25, 0.3) is 5.56 Å². The molecule has 0 aliphatic heterocycles. The van der Waals surface area contributed by atoms with Crippen molar-refractivity contribution >= 4 is 16.9 Å². The molecule has 32 heavy (non-hydrogen) atoms. The molecule has 6 heteroatoms. The number of benzene rings is 1. The first-order valence-electron chi connectivity index (χ1n) is 11.9. The number of fused-ring (bicyclic) bond motifs is 1. The molecule has 3 aromatic rings. The minimum absolute atomic E-state index is 0.0174. The molecular formula is C26H34N4O2. The van der Waals surface area contributed by atoms with E-state index in [-0.39, 0.29) is 11.5 Å². The Morgan fingerprint density at radius 2 is 1.78 bits per heavy atom. The standard InChI is InChI=1S/C26H34N4O2/c1-5-29-25-24(19(4)28-30(25)21-13-11-17(2)12-14-21)18(3)22(26(29)32)15-16-23(31)27-20-9-7-6-8-10-20/h11-14,20H,5-10,15-16H2,1-4H3,(H,27,31). The van der Waals surface area contributed by atoms with Crippen molar-refractivity contribution in [3.8, 4) is 5.69 Å². The number of rotatable bonds is 6. The van der Waals surface area contributed by atoms with Crippen LogP contribution in [-0.2, 0) is 17.8 Å². The number of carbonyl (C=O) groups excluding carboxylic acids is 1. The highest BCUT2D eigenvalue weighted by atomic mass is 16.1. The second-order valence-corrected chi connectivity index (χ2v) is 9.09. The molecule has 1 amide bonds. The van der Waals surface area contributed by atoms with Crippen LogP contribution in [0.2, 0.25) is 0 Å². The van der Waals surface area contributed by atoms with Gasteiger partial charge in [0, 0.05) is 30.0 Å². The van der Waals surface area contributed by atoms with Crippen molar-refractivity contribution in [2.24, 2.45) is 0 Å². The maximum absolute atomic E-state index is 13.5. The molecule has 0 atom stereocenters. The second-order valence-electron chi connectivity index (χ2n) is 9.09. The van der Waals surface area contributed by atoms with Crippen LogP contribution in [0.25, 0.3) is 16.7 Å². The number of aryl methyl sites for hydroxylation is 4. The highest BCUT2D eigenvalue weighted by molar-refractivity contribution is 5.85. The number of amides is 1. The molecule has 1 N–H and O–H groups in total. The fraction of sp³-hybridized carbons (Fsp3) is 0.500. The van der Waals surface area contributed by atoms with Crippen LogP contribution in [0.4, 0.5) is 0 Å². The Balaban J connectivity index is 1.69. The third-order valence-corrected chi connectivity index (χ3v) is 6.79. The summed E-state index contributed by atoms with van der Waals surface area (Å²) in [5.41, 5.74) is 5.49. The Morgan fingerprint density at radius 1 is 1.09 bits per heavy atom. The molecule has 0 saturated heterocycles. The Kier molecular flexibility index (Phi) is 6.49. The summed E-state index contributed by atoms with van der Waals surface area (Å²) in [5, 5.41) is 8.97. The van der Waals surface area contributed by atoms with E-state index in [4.69, 9.17) is 5.10 Å². The molecule has 170 valence electrons. The van der Waals surface area contributed by atoms with E-state index in [1.807, 2.05) is 37.6 Å². The summed E-state index contributed by atoms with van der Waals surface area (Å²) < 4.78 is 3.68. The van der Waals surface area contributed by atoms with Gasteiger partial charge in [0.2, 0.25) is 5.91 Å². The van der Waals surface area contributed by atoms with Gasteiger partial charge in [-0.25, -0.2) is 4.68 Å². The highest BCUT2D eigenvalue weighted by Crippen LogP contribution is 2.26. The number of hydrogen-bond donors (Lipinski definition) is 1. The van der Waals surface area contributed by atoms with Crippen molar-refractivity contribution in [1.29, 1.82) is 0 Å². The molecule has 0 unspecified atom stereocenters. The largest absolute Gasteiger partial charge is 0.353 e. The minimum atomic E-state index is -0.0174. The van der Waals surface area contributed by atoms with E-state index < -0.39 is 0 Å². The fourth-order valence-corrected chi connectivity index (χ4v) is 5.01. The van der Waals surface area contributed by atoms with Crippen molar-refractivity contribution in [2.75, 3.05) is 0 Å². The van der Waals surface area contributed by atoms with E-state index in [9.17, 15) is 9.59 Å². The first-order valence-corrected chi connectivity index (χ1v) is 11.9. The van der Waals surface area contributed by atoms with Gasteiger partial charge in [-0.1, -0.05) is 37.0 Å². The van der Waals surface area contributed by atoms with Crippen molar-refractivity contribution in [3.05, 3.63) is 57.0 Å². The molecule has 4 rings (SSSR count). The second kappa shape index (κ2) is 9.31. The predicted octanol–water partition coefficient (Wildman–Crippen LogP) is 4.51. The summed E-state index contributed by atoms with van der Waals surface area (Å²) in [4.78, 5) is 26.0. The minimum Gasteiger partial charge on any atom is -0.353 e. The molecule has 1 aliphatic carbocycles. The number of carbonyl (C=O) groups is 1. The summed E-state index contributed by atoms with van der Waals surface area (Å²) in [6, 6.07) is 8.47. The van der Waals surface area contributed by atoms with Crippen LogP contribution in [0, 0.1) is 20.8 Å². The van der Waals surface area contributed by atoms with Gasteiger partial charge in [-0.3, -0.25) is 14.2 Å². The highest BCUT2D eigenvalue weighted by Gasteiger charge is 2.22. The SMILES string of the molecule is CCn1c(=O)c(CCC(=O)NC2CCCCC2)c(C)c2c(C)nn(-c3ccc(C)cc3)c21. The number of nitrogens with zero attached hydrogens (tertiary/aromatic N) is 3. The molecule has 1 aliphatic rings. The van der Waals surface area contributed by atoms with E-state index in [2.05, 4.69) is 24.4 Å². The molecule has 6 nitrogen and oxygen atoms in total. The van der Waals surface area contributed by atoms with E-state index in [0.29, 0.717) is 25.4 Å². The molecule has 0 bridgehead atoms. The van der Waals surface area contributed by atoms with Crippen LogP contribution in [-0.4, -0.2) is 26.3 Å². The van der Waals surface area contributed by atoms with Gasteiger partial charge in [0.15, 0.2) is 0 Å². The van der Waals surface area contributed by atoms with Crippen LogP contribution < -0.4 is 10.9 Å². The molecule has 1 fully saturated rings. The molecule has 0 radical (unpaired) electrons. The van der Waals surface area contributed by atoms with Crippen molar-refractivity contribution in [2.45, 2.75) is 85.2 Å². The average Bonchev–Trinajstić information content (AvgIpc) is 3.12. The zero-order chi connectivity index (χ0) is 22.8. The summed E-state index contributed by atoms with van der Waals surface area (Å²) in [7, 11) is 0. The lowest BCUT2D eigenvalue weighted by Gasteiger charge is -2.22. The van der Waals surface area contributed by atoms with Crippen LogP contribution in [0.3, 0.4) is 0 Å². The average molecular weight is 435 g/mol. The fourth-order valence-electron chi connectivity index (χ4n) is 5.01. The molecule has 2 aromatic heterocycles. The zero-order valence-corrected chi connectivity index (χ0v) is 19.7. The number of pyridine rings is 1. The summed E-state index contributed by atoms with van der Waals surface area (Å²) in [6.07, 6.45) is 6.56. The lowest BCUT2D eigenvalue weighted by molar-refractivity contribution is -0.121. The lowest BCUT2D eigenvalue weighted by atomic mass is 9.95. The summed E-state index contributed by atoms with van der Waals surface area (Å²) in [6.45, 7) is 8.57. The number of nitrogens with one attached hydrogen (secondary N) is 1. The zero-order valence-electron chi connectivity index (χ0n) is 19.7. The van der Waals surface area contributed by atoms with Gasteiger partial charge in [-0.05, 0) is 64.7 Å². The summed E-state index contributed by atoms with van der Waals surface area (Å²) in [5.74, 6) is 0.0471. The van der Waals surface area contributed by atoms with Crippen LogP contribution >= 0.6 is 0 Å². The quantitative estimate of drug-likeness (QED) is 0.620. The summed E-state index contributed by atoms with van der Waals surface area (Å²) >= 11 is 0. The monoisotopic (exact) mass is 434 g/mol. The van der Waals surface area contributed by atoms with Crippen LogP contribution in [0.1, 0.15) is 67.8 Å². The van der Waals surface area contributed by atoms with Crippen molar-refractivity contribution in [1.82, 2.24) is 19.7 Å². The van der Waals surface area contributed by atoms with E-state index >= 15 is 0 Å². The van der Waals surface area contributed by atoms with Gasteiger partial charge in [-0.2, -0.15) is 5.10 Å². The van der Waals surface area contributed by atoms with Crippen LogP contribution in [0.15, 0.2) is 29.1 Å². The Hall–Kier alpha value is -2.89. The Labute approximate surface area is 189 Å². The van der Waals surface area contributed by atoms with E-state index in [0.717, 1.165) is 46.4 Å². The van der Waals surface area contributed by atoms with E-state index in [1.54, 1.807) is 4.57 Å². The van der Waals surface area contributed by atoms with Crippen molar-refractivity contribution in [3.63, 3.8) is 0 Å². The molecular weight excluding hydrogens is 400 g/mol. The van der Waals surface area contributed by atoms with Gasteiger partial charge in [0.05, 0.1) is 11.4 Å². The number of aromatic nitrogens is 3. The third-order valence-electron chi connectivity index (χ3n) is 6.79. The van der Waals surface area contributed by atoms with Gasteiger partial charge in [0.1, 0.15) is 5.65 Å². The Bertz CT molecular complexity index is 1180. The maximum atomic E-state index is 13.5. The molecule has 1 saturated carbocycles. The number of hydrogen-bond acceptors (Lipinski definition) is 3. The van der Waals surface area contributed by atoms with Crippen molar-refractivity contribution < 1.29 is 4.79 Å². The van der Waals surface area contributed by atoms with E-state index in [1.165, 1.54) is 24.8 Å². The Morgan fingerprint density at radius 3 is 2.44 bits per heavy atom. The smallest absolute Gasteiger partial charge is 0.255 e. The van der Waals surface area contributed by atoms with Gasteiger partial charge < -0.3 is 5.32 Å². The first kappa shape index (κ1) is 22.3. The van der Waals surface area contributed by atoms with Gasteiger partial charge in [-0.15, -0.1) is 0 Å². The van der Waals surface area contributed by atoms with Crippen LogP contribution in [0.5, 0.6) is 0 Å². The first-order chi connectivity index (χ1) is 15.4. The normalized spacial score (nSPS) is 14.8. The predicted molar refractivity (Wildman–Crippen MR) is 129 cm³/mol. The third kappa shape index (κ3) is 4.23. The van der Waals surface area contributed by atoms with Gasteiger partial charge >= 0.3 is 0 Å². The molecule has 0 spiro atoms. The topological polar surface area (TPSA) is 68.9 Å². The lowest BCUT2D eigenvalue weighted by Crippen LogP contribution is -2.36. The maximum Gasteiger partial charge on any atom is 0.255 e. The molecule has 2 heterocycles.